The number of aliphatic imine (C=N–C) groups is 1. The van der Waals surface area contributed by atoms with Gasteiger partial charge in [0.15, 0.2) is 0 Å². The molecule has 0 saturated heterocycles. The van der Waals surface area contributed by atoms with Crippen LogP contribution in [0.15, 0.2) is 65.3 Å². The van der Waals surface area contributed by atoms with E-state index in [-0.39, 0.29) is 11.4 Å². The molecule has 3 amide bonds. The third-order valence-electron chi connectivity index (χ3n) is 4.40. The molecule has 0 aliphatic heterocycles. The third-order valence-corrected chi connectivity index (χ3v) is 4.40. The number of hydrogen-bond acceptors (Lipinski definition) is 3. The number of nitrogens with one attached hydrogen (secondary N) is 1. The zero-order valence-corrected chi connectivity index (χ0v) is 16.5. The fourth-order valence-electron chi connectivity index (χ4n) is 2.81. The first-order valence-electron chi connectivity index (χ1n) is 9.50. The highest BCUT2D eigenvalue weighted by molar-refractivity contribution is 6.21. The van der Waals surface area contributed by atoms with E-state index in [2.05, 4.69) is 41.5 Å². The first-order valence-corrected chi connectivity index (χ1v) is 9.50. The first kappa shape index (κ1) is 21.7. The van der Waals surface area contributed by atoms with E-state index in [4.69, 9.17) is 17.2 Å². The summed E-state index contributed by atoms with van der Waals surface area (Å²) in [7, 11) is 0. The van der Waals surface area contributed by atoms with Gasteiger partial charge in [0.1, 0.15) is 5.84 Å². The van der Waals surface area contributed by atoms with Crippen LogP contribution < -0.4 is 22.5 Å². The molecule has 0 aliphatic carbocycles. The van der Waals surface area contributed by atoms with Gasteiger partial charge in [-0.2, -0.15) is 4.99 Å². The second-order valence-electron chi connectivity index (χ2n) is 6.63. The molecule has 7 heteroatoms. The monoisotopic (exact) mass is 393 g/mol. The Hall–Kier alpha value is -3.61. The van der Waals surface area contributed by atoms with E-state index < -0.39 is 11.9 Å². The molecule has 0 aliphatic rings. The smallest absolute Gasteiger partial charge is 0.340 e. The molecule has 2 aromatic rings. The molecule has 0 fully saturated rings. The number of amides is 3. The molecule has 0 radical (unpaired) electrons. The lowest BCUT2D eigenvalue weighted by Crippen LogP contribution is -2.29. The Morgan fingerprint density at radius 1 is 0.931 bits per heavy atom. The highest BCUT2D eigenvalue weighted by Crippen LogP contribution is 2.22. The number of amidine groups is 1. The van der Waals surface area contributed by atoms with Crippen molar-refractivity contribution in [1.29, 1.82) is 0 Å². The van der Waals surface area contributed by atoms with Crippen LogP contribution in [0.4, 0.5) is 10.5 Å². The minimum atomic E-state index is -1.00. The summed E-state index contributed by atoms with van der Waals surface area (Å²) in [6.45, 7) is 2.20. The standard InChI is InChI=1S/C22H27N5O2/c1-2-3-4-5-15-6-8-16(9-7-15)17-10-12-18(13-11-17)26-14-19(21(24)28)20(23)27-22(25)29/h6-14,26H,2-5H2,1H3,(H2,24,28)(H4,23,25,27,29)/b19-14+. The highest BCUT2D eigenvalue weighted by Gasteiger charge is 2.11. The second kappa shape index (κ2) is 10.7. The number of anilines is 1. The van der Waals surface area contributed by atoms with Crippen LogP contribution in [0.1, 0.15) is 31.7 Å². The van der Waals surface area contributed by atoms with Gasteiger partial charge in [-0.25, -0.2) is 4.79 Å². The summed E-state index contributed by atoms with van der Waals surface area (Å²) in [5, 5.41) is 2.92. The second-order valence-corrected chi connectivity index (χ2v) is 6.63. The number of nitrogens with two attached hydrogens (primary N) is 3. The van der Waals surface area contributed by atoms with E-state index in [1.54, 1.807) is 0 Å². The zero-order valence-electron chi connectivity index (χ0n) is 16.5. The van der Waals surface area contributed by atoms with E-state index in [1.165, 1.54) is 31.0 Å². The van der Waals surface area contributed by atoms with Crippen molar-refractivity contribution in [3.63, 3.8) is 0 Å². The normalized spacial score (nSPS) is 11.9. The molecular weight excluding hydrogens is 366 g/mol. The Morgan fingerprint density at radius 2 is 1.52 bits per heavy atom. The Balaban J connectivity index is 2.07. The SMILES string of the molecule is CCCCCc1ccc(-c2ccc(N/C=C(C(N)=O)\C(N)=N\C(N)=O)cc2)cc1. The predicted molar refractivity (Wildman–Crippen MR) is 117 cm³/mol. The van der Waals surface area contributed by atoms with Gasteiger partial charge < -0.3 is 22.5 Å². The molecule has 0 spiro atoms. The van der Waals surface area contributed by atoms with Gasteiger partial charge in [-0.15, -0.1) is 0 Å². The van der Waals surface area contributed by atoms with Crippen LogP contribution in [0.3, 0.4) is 0 Å². The van der Waals surface area contributed by atoms with Crippen LogP contribution in [0.25, 0.3) is 11.1 Å². The fraction of sp³-hybridized carbons (Fsp3) is 0.227. The maximum absolute atomic E-state index is 11.5. The number of carbonyl (C=O) groups is 2. The Bertz CT molecular complexity index is 900. The summed E-state index contributed by atoms with van der Waals surface area (Å²) in [5.74, 6) is -1.16. The number of carbonyl (C=O) groups excluding carboxylic acids is 2. The number of urea groups is 1. The maximum atomic E-state index is 11.5. The number of primary amides is 2. The van der Waals surface area contributed by atoms with Crippen LogP contribution >= 0.6 is 0 Å². The average Bonchev–Trinajstić information content (AvgIpc) is 2.68. The Labute approximate surface area is 170 Å². The molecule has 2 rings (SSSR count). The number of hydrogen-bond donors (Lipinski definition) is 4. The minimum Gasteiger partial charge on any atom is -0.383 e. The van der Waals surface area contributed by atoms with Crippen LogP contribution in [-0.4, -0.2) is 17.8 Å². The molecule has 0 unspecified atom stereocenters. The van der Waals surface area contributed by atoms with Gasteiger partial charge in [0.2, 0.25) is 0 Å². The van der Waals surface area contributed by atoms with Crippen LogP contribution in [0.2, 0.25) is 0 Å². The third kappa shape index (κ3) is 6.80. The molecular formula is C22H27N5O2. The lowest BCUT2D eigenvalue weighted by molar-refractivity contribution is -0.114. The van der Waals surface area contributed by atoms with Gasteiger partial charge in [-0.05, 0) is 41.7 Å². The number of unbranched alkanes of at least 4 members (excludes halogenated alkanes) is 2. The van der Waals surface area contributed by atoms with Crippen molar-refractivity contribution < 1.29 is 9.59 Å². The van der Waals surface area contributed by atoms with Crippen molar-refractivity contribution in [1.82, 2.24) is 0 Å². The summed E-state index contributed by atoms with van der Waals surface area (Å²) in [6.07, 6.45) is 6.09. The quantitative estimate of drug-likeness (QED) is 0.225. The molecule has 0 heterocycles. The lowest BCUT2D eigenvalue weighted by Gasteiger charge is -2.07. The van der Waals surface area contributed by atoms with E-state index in [9.17, 15) is 9.59 Å². The summed E-state index contributed by atoms with van der Waals surface area (Å²) in [4.78, 5) is 25.6. The Morgan fingerprint density at radius 3 is 2.03 bits per heavy atom. The van der Waals surface area contributed by atoms with Crippen molar-refractivity contribution in [3.05, 3.63) is 65.9 Å². The van der Waals surface area contributed by atoms with Crippen molar-refractivity contribution in [2.45, 2.75) is 32.6 Å². The topological polar surface area (TPSA) is 137 Å². The number of benzene rings is 2. The molecule has 7 nitrogen and oxygen atoms in total. The van der Waals surface area contributed by atoms with Crippen molar-refractivity contribution >= 4 is 23.5 Å². The van der Waals surface area contributed by atoms with Crippen molar-refractivity contribution in [3.8, 4) is 11.1 Å². The largest absolute Gasteiger partial charge is 0.383 e. The Kier molecular flexibility index (Phi) is 7.97. The molecule has 2 aromatic carbocycles. The van der Waals surface area contributed by atoms with E-state index in [0.717, 1.165) is 23.2 Å². The average molecular weight is 393 g/mol. The van der Waals surface area contributed by atoms with E-state index in [1.807, 2.05) is 24.3 Å². The number of aryl methyl sites for hydroxylation is 1. The number of rotatable bonds is 9. The van der Waals surface area contributed by atoms with Crippen LogP contribution in [-0.2, 0) is 11.2 Å². The van der Waals surface area contributed by atoms with Gasteiger partial charge in [0, 0.05) is 11.9 Å². The molecule has 29 heavy (non-hydrogen) atoms. The number of nitrogens with zero attached hydrogens (tertiary/aromatic N) is 1. The predicted octanol–water partition coefficient (Wildman–Crippen LogP) is 3.30. The van der Waals surface area contributed by atoms with Gasteiger partial charge in [-0.3, -0.25) is 4.79 Å². The van der Waals surface area contributed by atoms with Gasteiger partial charge in [-0.1, -0.05) is 56.2 Å². The van der Waals surface area contributed by atoms with Crippen molar-refractivity contribution in [2.24, 2.45) is 22.2 Å². The zero-order chi connectivity index (χ0) is 21.2. The first-order chi connectivity index (χ1) is 13.9. The molecule has 0 saturated carbocycles. The van der Waals surface area contributed by atoms with Gasteiger partial charge in [0.25, 0.3) is 5.91 Å². The van der Waals surface area contributed by atoms with Crippen molar-refractivity contribution in [2.75, 3.05) is 5.32 Å². The highest BCUT2D eigenvalue weighted by atomic mass is 16.2. The van der Waals surface area contributed by atoms with Crippen LogP contribution in [0, 0.1) is 0 Å². The van der Waals surface area contributed by atoms with Crippen LogP contribution in [0.5, 0.6) is 0 Å². The summed E-state index contributed by atoms with van der Waals surface area (Å²) < 4.78 is 0. The summed E-state index contributed by atoms with van der Waals surface area (Å²) in [6, 6.07) is 15.2. The molecule has 7 N–H and O–H groups in total. The minimum absolute atomic E-state index is 0.133. The van der Waals surface area contributed by atoms with E-state index in [0.29, 0.717) is 0 Å². The summed E-state index contributed by atoms with van der Waals surface area (Å²) in [5.41, 5.74) is 19.9. The summed E-state index contributed by atoms with van der Waals surface area (Å²) >= 11 is 0. The molecule has 0 bridgehead atoms. The van der Waals surface area contributed by atoms with Gasteiger partial charge in [0.05, 0.1) is 5.57 Å². The maximum Gasteiger partial charge on any atom is 0.340 e. The fourth-order valence-corrected chi connectivity index (χ4v) is 2.81. The molecule has 152 valence electrons. The van der Waals surface area contributed by atoms with Gasteiger partial charge >= 0.3 is 6.03 Å². The lowest BCUT2D eigenvalue weighted by atomic mass is 10.0. The van der Waals surface area contributed by atoms with E-state index >= 15 is 0 Å². The molecule has 0 aromatic heterocycles. The molecule has 0 atom stereocenters.